The van der Waals surface area contributed by atoms with E-state index >= 15 is 0 Å². The Morgan fingerprint density at radius 2 is 1.08 bits per heavy atom. The molecule has 0 fully saturated rings. The third-order valence-electron chi connectivity index (χ3n) is 6.98. The van der Waals surface area contributed by atoms with Crippen LogP contribution in [0.25, 0.3) is 55.0 Å². The quantitative estimate of drug-likeness (QED) is 0.267. The minimum absolute atomic E-state index is 0.595. The van der Waals surface area contributed by atoms with Crippen LogP contribution in [0.4, 0.5) is 0 Å². The second kappa shape index (κ2) is 7.60. The van der Waals surface area contributed by atoms with E-state index in [2.05, 4.69) is 88.0 Å². The lowest BCUT2D eigenvalue weighted by molar-refractivity contribution is 1.12. The van der Waals surface area contributed by atoms with Crippen molar-refractivity contribution < 1.29 is 0 Å². The lowest BCUT2D eigenvalue weighted by atomic mass is 10.1. The molecular formula is C32H18N4. The summed E-state index contributed by atoms with van der Waals surface area (Å²) >= 11 is 0. The van der Waals surface area contributed by atoms with Gasteiger partial charge in [0, 0.05) is 21.5 Å². The third-order valence-corrected chi connectivity index (χ3v) is 6.98. The molecule has 4 nitrogen and oxygen atoms in total. The second-order valence-electron chi connectivity index (χ2n) is 8.85. The Bertz CT molecular complexity index is 2020. The van der Waals surface area contributed by atoms with Crippen LogP contribution >= 0.6 is 0 Å². The number of hydrogen-bond donors (Lipinski definition) is 0. The highest BCUT2D eigenvalue weighted by Crippen LogP contribution is 2.40. The predicted octanol–water partition coefficient (Wildman–Crippen LogP) is 7.62. The maximum absolute atomic E-state index is 9.97. The molecule has 0 aliphatic carbocycles. The van der Waals surface area contributed by atoms with Gasteiger partial charge in [-0.1, -0.05) is 60.7 Å². The van der Waals surface area contributed by atoms with Gasteiger partial charge in [0.25, 0.3) is 0 Å². The Morgan fingerprint density at radius 3 is 1.81 bits per heavy atom. The van der Waals surface area contributed by atoms with Crippen LogP contribution in [0.3, 0.4) is 0 Å². The van der Waals surface area contributed by atoms with Gasteiger partial charge in [0.2, 0.25) is 0 Å². The average Bonchev–Trinajstić information content (AvgIpc) is 3.45. The highest BCUT2D eigenvalue weighted by atomic mass is 15.1. The molecule has 0 aliphatic heterocycles. The number of aromatic nitrogens is 2. The number of rotatable bonds is 2. The van der Waals surface area contributed by atoms with Crippen LogP contribution < -0.4 is 0 Å². The highest BCUT2D eigenvalue weighted by Gasteiger charge is 2.21. The van der Waals surface area contributed by atoms with E-state index in [0.29, 0.717) is 11.1 Å². The van der Waals surface area contributed by atoms with E-state index in [0.717, 1.165) is 44.2 Å². The fourth-order valence-corrected chi connectivity index (χ4v) is 5.50. The number of para-hydroxylation sites is 4. The van der Waals surface area contributed by atoms with Crippen molar-refractivity contribution in [3.63, 3.8) is 0 Å². The van der Waals surface area contributed by atoms with Crippen LogP contribution in [-0.2, 0) is 0 Å². The Kier molecular flexibility index (Phi) is 4.24. The van der Waals surface area contributed by atoms with E-state index in [1.165, 1.54) is 10.8 Å². The van der Waals surface area contributed by atoms with Gasteiger partial charge in [-0.15, -0.1) is 0 Å². The molecule has 0 radical (unpaired) electrons. The van der Waals surface area contributed by atoms with Gasteiger partial charge in [0.15, 0.2) is 0 Å². The van der Waals surface area contributed by atoms with E-state index in [9.17, 15) is 10.5 Å². The zero-order valence-corrected chi connectivity index (χ0v) is 19.2. The predicted molar refractivity (Wildman–Crippen MR) is 145 cm³/mol. The van der Waals surface area contributed by atoms with Gasteiger partial charge in [0.1, 0.15) is 6.07 Å². The average molecular weight is 459 g/mol. The number of hydrogen-bond acceptors (Lipinski definition) is 2. The van der Waals surface area contributed by atoms with Gasteiger partial charge in [-0.2, -0.15) is 10.5 Å². The maximum atomic E-state index is 9.97. The minimum Gasteiger partial charge on any atom is -0.307 e. The molecule has 2 aromatic heterocycles. The molecule has 2 heterocycles. The zero-order chi connectivity index (χ0) is 24.2. The molecule has 0 N–H and O–H groups in total. The Labute approximate surface area is 207 Å². The van der Waals surface area contributed by atoms with Crippen LogP contribution in [0.2, 0.25) is 0 Å². The first-order valence-electron chi connectivity index (χ1n) is 11.8. The Balaban J connectivity index is 1.74. The summed E-state index contributed by atoms with van der Waals surface area (Å²) in [5.74, 6) is 0. The van der Waals surface area contributed by atoms with Crippen molar-refractivity contribution in [2.75, 3.05) is 0 Å². The molecule has 0 aliphatic rings. The summed E-state index contributed by atoms with van der Waals surface area (Å²) in [5.41, 5.74) is 7.24. The summed E-state index contributed by atoms with van der Waals surface area (Å²) < 4.78 is 4.48. The number of nitriles is 2. The maximum Gasteiger partial charge on any atom is 0.101 e. The third kappa shape index (κ3) is 2.67. The summed E-state index contributed by atoms with van der Waals surface area (Å²) in [6.07, 6.45) is 0. The Morgan fingerprint density at radius 1 is 0.472 bits per heavy atom. The molecule has 0 atom stereocenters. The number of nitrogens with zero attached hydrogens (tertiary/aromatic N) is 4. The standard InChI is InChI=1S/C32H18N4/c33-19-21-16-17-30-26(18-21)25-11-7-15-31(32(25)36(30)27-12-4-1-8-22(27)20-34)35-28-13-5-2-9-23(28)24-10-3-6-14-29(24)35/h1-18H. The first-order valence-corrected chi connectivity index (χ1v) is 11.8. The molecule has 7 rings (SSSR count). The van der Waals surface area contributed by atoms with Crippen molar-refractivity contribution in [1.29, 1.82) is 10.5 Å². The zero-order valence-electron chi connectivity index (χ0n) is 19.2. The van der Waals surface area contributed by atoms with Crippen LogP contribution in [0, 0.1) is 22.7 Å². The monoisotopic (exact) mass is 458 g/mol. The van der Waals surface area contributed by atoms with E-state index < -0.39 is 0 Å². The summed E-state index contributed by atoms with van der Waals surface area (Å²) in [5, 5.41) is 24.0. The summed E-state index contributed by atoms with van der Waals surface area (Å²) in [6.45, 7) is 0. The Hall–Kier alpha value is -5.32. The molecule has 0 saturated carbocycles. The molecular weight excluding hydrogens is 440 g/mol. The van der Waals surface area contributed by atoms with Crippen molar-refractivity contribution >= 4 is 43.6 Å². The van der Waals surface area contributed by atoms with Crippen molar-refractivity contribution in [3.8, 4) is 23.5 Å². The summed E-state index contributed by atoms with van der Waals surface area (Å²) in [4.78, 5) is 0. The van der Waals surface area contributed by atoms with Gasteiger partial charge in [-0.05, 0) is 48.5 Å². The SMILES string of the molecule is N#Cc1ccc2c(c1)c1cccc(-n3c4ccccc4c4ccccc43)c1n2-c1ccccc1C#N. The van der Waals surface area contributed by atoms with E-state index in [1.807, 2.05) is 42.5 Å². The van der Waals surface area contributed by atoms with Gasteiger partial charge >= 0.3 is 0 Å². The summed E-state index contributed by atoms with van der Waals surface area (Å²) in [6, 6.07) is 41.3. The van der Waals surface area contributed by atoms with Crippen molar-refractivity contribution in [1.82, 2.24) is 9.13 Å². The molecule has 4 heteroatoms. The van der Waals surface area contributed by atoms with E-state index in [1.54, 1.807) is 0 Å². The fourth-order valence-electron chi connectivity index (χ4n) is 5.50. The first-order chi connectivity index (χ1) is 17.8. The lowest BCUT2D eigenvalue weighted by Crippen LogP contribution is -2.02. The van der Waals surface area contributed by atoms with Crippen LogP contribution in [0.5, 0.6) is 0 Å². The molecule has 166 valence electrons. The number of fused-ring (bicyclic) bond motifs is 6. The molecule has 36 heavy (non-hydrogen) atoms. The van der Waals surface area contributed by atoms with Crippen LogP contribution in [-0.4, -0.2) is 9.13 Å². The first kappa shape index (κ1) is 20.1. The van der Waals surface area contributed by atoms with Crippen molar-refractivity contribution in [2.45, 2.75) is 0 Å². The molecule has 0 bridgehead atoms. The molecule has 7 aromatic rings. The molecule has 0 amide bonds. The van der Waals surface area contributed by atoms with E-state index in [4.69, 9.17) is 0 Å². The van der Waals surface area contributed by atoms with Crippen LogP contribution in [0.15, 0.2) is 109 Å². The van der Waals surface area contributed by atoms with Gasteiger partial charge in [-0.25, -0.2) is 0 Å². The molecule has 0 saturated heterocycles. The van der Waals surface area contributed by atoms with Gasteiger partial charge < -0.3 is 9.13 Å². The molecule has 0 unspecified atom stereocenters. The van der Waals surface area contributed by atoms with Gasteiger partial charge in [-0.3, -0.25) is 0 Å². The van der Waals surface area contributed by atoms with Crippen LogP contribution in [0.1, 0.15) is 11.1 Å². The van der Waals surface area contributed by atoms with E-state index in [-0.39, 0.29) is 0 Å². The lowest BCUT2D eigenvalue weighted by Gasteiger charge is -2.15. The molecule has 5 aromatic carbocycles. The summed E-state index contributed by atoms with van der Waals surface area (Å²) in [7, 11) is 0. The minimum atomic E-state index is 0.595. The normalized spacial score (nSPS) is 11.3. The van der Waals surface area contributed by atoms with Crippen molar-refractivity contribution in [2.24, 2.45) is 0 Å². The smallest absolute Gasteiger partial charge is 0.101 e. The fraction of sp³-hybridized carbons (Fsp3) is 0. The number of benzene rings is 5. The van der Waals surface area contributed by atoms with Gasteiger partial charge in [0.05, 0.1) is 50.6 Å². The highest BCUT2D eigenvalue weighted by molar-refractivity contribution is 6.15. The second-order valence-corrected chi connectivity index (χ2v) is 8.85. The topological polar surface area (TPSA) is 57.4 Å². The largest absolute Gasteiger partial charge is 0.307 e. The van der Waals surface area contributed by atoms with Crippen molar-refractivity contribution in [3.05, 3.63) is 120 Å². The molecule has 0 spiro atoms.